The molecule has 25 heavy (non-hydrogen) atoms. The number of Topliss-reactive ketones (excluding diaryl/α,β-unsaturated/α-hetero) is 1. The van der Waals surface area contributed by atoms with Gasteiger partial charge in [0.2, 0.25) is 0 Å². The van der Waals surface area contributed by atoms with Crippen LogP contribution in [0.3, 0.4) is 0 Å². The fourth-order valence-electron chi connectivity index (χ4n) is 3.49. The van der Waals surface area contributed by atoms with Gasteiger partial charge in [-0.2, -0.15) is 0 Å². The molecule has 3 rings (SSSR count). The molecule has 0 saturated carbocycles. The maximum absolute atomic E-state index is 12.6. The molecule has 1 aromatic rings. The SMILES string of the molecule is CC1(CNCCN2CCC(C(=O)c3ccc(Cl)cc3)CC2)C=CSC1. The molecule has 1 atom stereocenters. The zero-order valence-electron chi connectivity index (χ0n) is 14.8. The van der Waals surface area contributed by atoms with E-state index in [1.807, 2.05) is 23.9 Å². The zero-order chi connectivity index (χ0) is 17.7. The number of ketones is 1. The molecule has 5 heteroatoms. The Morgan fingerprint density at radius 1 is 1.32 bits per heavy atom. The summed E-state index contributed by atoms with van der Waals surface area (Å²) in [4.78, 5) is 15.1. The number of carbonyl (C=O) groups is 1. The van der Waals surface area contributed by atoms with Crippen LogP contribution >= 0.6 is 23.4 Å². The van der Waals surface area contributed by atoms with Crippen LogP contribution in [0.1, 0.15) is 30.1 Å². The Morgan fingerprint density at radius 3 is 2.68 bits per heavy atom. The second kappa shape index (κ2) is 8.72. The summed E-state index contributed by atoms with van der Waals surface area (Å²) in [7, 11) is 0. The van der Waals surface area contributed by atoms with Crippen molar-refractivity contribution in [2.24, 2.45) is 11.3 Å². The molecule has 0 bridgehead atoms. The second-order valence-electron chi connectivity index (χ2n) is 7.43. The van der Waals surface area contributed by atoms with Crippen molar-refractivity contribution in [1.82, 2.24) is 10.2 Å². The lowest BCUT2D eigenvalue weighted by Crippen LogP contribution is -2.41. The highest BCUT2D eigenvalue weighted by Gasteiger charge is 2.26. The largest absolute Gasteiger partial charge is 0.315 e. The summed E-state index contributed by atoms with van der Waals surface area (Å²) in [6.45, 7) is 7.46. The third-order valence-electron chi connectivity index (χ3n) is 5.20. The fourth-order valence-corrected chi connectivity index (χ4v) is 4.71. The van der Waals surface area contributed by atoms with E-state index in [0.717, 1.165) is 51.1 Å². The molecule has 1 unspecified atom stereocenters. The topological polar surface area (TPSA) is 32.3 Å². The smallest absolute Gasteiger partial charge is 0.166 e. The molecule has 2 aliphatic rings. The molecule has 0 spiro atoms. The van der Waals surface area contributed by atoms with Crippen molar-refractivity contribution in [2.75, 3.05) is 38.5 Å². The van der Waals surface area contributed by atoms with Crippen LogP contribution in [0, 0.1) is 11.3 Å². The van der Waals surface area contributed by atoms with Gasteiger partial charge in [-0.1, -0.05) is 24.6 Å². The van der Waals surface area contributed by atoms with Gasteiger partial charge in [-0.3, -0.25) is 4.79 Å². The summed E-state index contributed by atoms with van der Waals surface area (Å²) in [5.41, 5.74) is 1.10. The van der Waals surface area contributed by atoms with Gasteiger partial charge in [0.1, 0.15) is 0 Å². The summed E-state index contributed by atoms with van der Waals surface area (Å²) in [5, 5.41) is 6.49. The monoisotopic (exact) mass is 378 g/mol. The van der Waals surface area contributed by atoms with E-state index in [2.05, 4.69) is 28.6 Å². The number of hydrogen-bond acceptors (Lipinski definition) is 4. The highest BCUT2D eigenvalue weighted by atomic mass is 35.5. The molecule has 3 nitrogen and oxygen atoms in total. The summed E-state index contributed by atoms with van der Waals surface area (Å²) in [6, 6.07) is 7.29. The van der Waals surface area contributed by atoms with Gasteiger partial charge in [0.25, 0.3) is 0 Å². The molecule has 0 amide bonds. The molecule has 1 fully saturated rings. The Kier molecular flexibility index (Phi) is 6.61. The van der Waals surface area contributed by atoms with Crippen molar-refractivity contribution in [2.45, 2.75) is 19.8 Å². The van der Waals surface area contributed by atoms with Gasteiger partial charge in [0, 0.05) is 47.3 Å². The highest BCUT2D eigenvalue weighted by Crippen LogP contribution is 2.31. The van der Waals surface area contributed by atoms with Gasteiger partial charge in [0.05, 0.1) is 0 Å². The standard InChI is InChI=1S/C20H27ClN2OS/c1-20(8-13-25-15-20)14-22-9-12-23-10-6-17(7-11-23)19(24)16-2-4-18(21)5-3-16/h2-5,8,13,17,22H,6-7,9-12,14-15H2,1H3. The number of halogens is 1. The number of carbonyl (C=O) groups excluding carboxylic acids is 1. The van der Waals surface area contributed by atoms with E-state index < -0.39 is 0 Å². The predicted molar refractivity (Wildman–Crippen MR) is 108 cm³/mol. The van der Waals surface area contributed by atoms with Crippen molar-refractivity contribution in [3.8, 4) is 0 Å². The van der Waals surface area contributed by atoms with Gasteiger partial charge in [-0.15, -0.1) is 11.8 Å². The number of rotatable bonds is 7. The van der Waals surface area contributed by atoms with Crippen molar-refractivity contribution in [1.29, 1.82) is 0 Å². The van der Waals surface area contributed by atoms with Crippen LogP contribution in [-0.4, -0.2) is 49.2 Å². The average molecular weight is 379 g/mol. The van der Waals surface area contributed by atoms with Gasteiger partial charge in [-0.25, -0.2) is 0 Å². The molecular weight excluding hydrogens is 352 g/mol. The van der Waals surface area contributed by atoms with Crippen LogP contribution in [0.4, 0.5) is 0 Å². The molecule has 0 aliphatic carbocycles. The second-order valence-corrected chi connectivity index (χ2v) is 8.76. The highest BCUT2D eigenvalue weighted by molar-refractivity contribution is 8.02. The molecule has 2 aliphatic heterocycles. The van der Waals surface area contributed by atoms with E-state index in [1.165, 1.54) is 5.75 Å². The molecule has 0 radical (unpaired) electrons. The molecule has 136 valence electrons. The van der Waals surface area contributed by atoms with Crippen molar-refractivity contribution < 1.29 is 4.79 Å². The van der Waals surface area contributed by atoms with Crippen LogP contribution in [-0.2, 0) is 0 Å². The number of likely N-dealkylation sites (tertiary alicyclic amines) is 1. The van der Waals surface area contributed by atoms with Crippen LogP contribution in [0.15, 0.2) is 35.7 Å². The Balaban J connectivity index is 1.36. The normalized spacial score (nSPS) is 24.7. The number of hydrogen-bond donors (Lipinski definition) is 1. The van der Waals surface area contributed by atoms with Gasteiger partial charge in [-0.05, 0) is 55.6 Å². The summed E-state index contributed by atoms with van der Waals surface area (Å²) >= 11 is 7.80. The van der Waals surface area contributed by atoms with E-state index in [9.17, 15) is 4.79 Å². The van der Waals surface area contributed by atoms with Crippen LogP contribution in [0.25, 0.3) is 0 Å². The van der Waals surface area contributed by atoms with E-state index in [-0.39, 0.29) is 11.7 Å². The minimum Gasteiger partial charge on any atom is -0.315 e. The Morgan fingerprint density at radius 2 is 2.04 bits per heavy atom. The number of piperidine rings is 1. The minimum absolute atomic E-state index is 0.157. The van der Waals surface area contributed by atoms with Gasteiger partial charge < -0.3 is 10.2 Å². The first-order valence-electron chi connectivity index (χ1n) is 9.08. The number of nitrogens with zero attached hydrogens (tertiary/aromatic N) is 1. The first-order chi connectivity index (χ1) is 12.1. The Hall–Kier alpha value is -0.810. The van der Waals surface area contributed by atoms with E-state index in [4.69, 9.17) is 11.6 Å². The van der Waals surface area contributed by atoms with Gasteiger partial charge in [0.15, 0.2) is 5.78 Å². The number of nitrogens with one attached hydrogen (secondary N) is 1. The van der Waals surface area contributed by atoms with Gasteiger partial charge >= 0.3 is 0 Å². The third kappa shape index (κ3) is 5.33. The van der Waals surface area contributed by atoms with Crippen LogP contribution in [0.2, 0.25) is 5.02 Å². The molecule has 0 aromatic heterocycles. The number of thioether (sulfide) groups is 1. The zero-order valence-corrected chi connectivity index (χ0v) is 16.4. The molecular formula is C20H27ClN2OS. The predicted octanol–water partition coefficient (Wildman–Crippen LogP) is 4.09. The van der Waals surface area contributed by atoms with E-state index in [1.54, 1.807) is 12.1 Å². The Labute approximate surface area is 160 Å². The molecule has 1 aromatic carbocycles. The quantitative estimate of drug-likeness (QED) is 0.572. The van der Waals surface area contributed by atoms with Crippen molar-refractivity contribution in [3.63, 3.8) is 0 Å². The molecule has 2 heterocycles. The van der Waals surface area contributed by atoms with Crippen molar-refractivity contribution in [3.05, 3.63) is 46.3 Å². The maximum Gasteiger partial charge on any atom is 0.166 e. The fraction of sp³-hybridized carbons (Fsp3) is 0.550. The first-order valence-corrected chi connectivity index (χ1v) is 10.5. The molecule has 1 saturated heterocycles. The Bertz CT molecular complexity index is 611. The maximum atomic E-state index is 12.6. The average Bonchev–Trinajstić information content (AvgIpc) is 3.06. The first kappa shape index (κ1) is 19.0. The van der Waals surface area contributed by atoms with Crippen molar-refractivity contribution >= 4 is 29.1 Å². The van der Waals surface area contributed by atoms with E-state index >= 15 is 0 Å². The summed E-state index contributed by atoms with van der Waals surface area (Å²) in [6.07, 6.45) is 4.23. The minimum atomic E-state index is 0.157. The molecule has 1 N–H and O–H groups in total. The lowest BCUT2D eigenvalue weighted by atomic mass is 9.89. The lowest BCUT2D eigenvalue weighted by molar-refractivity contribution is 0.0840. The third-order valence-corrected chi connectivity index (χ3v) is 6.61. The lowest BCUT2D eigenvalue weighted by Gasteiger charge is -2.31. The number of benzene rings is 1. The van der Waals surface area contributed by atoms with E-state index in [0.29, 0.717) is 10.4 Å². The van der Waals surface area contributed by atoms with Crippen LogP contribution in [0.5, 0.6) is 0 Å². The van der Waals surface area contributed by atoms with Crippen LogP contribution < -0.4 is 5.32 Å². The summed E-state index contributed by atoms with van der Waals surface area (Å²) < 4.78 is 0. The summed E-state index contributed by atoms with van der Waals surface area (Å²) in [5.74, 6) is 1.61.